The second-order valence-corrected chi connectivity index (χ2v) is 5.38. The molecule has 0 amide bonds. The predicted octanol–water partition coefficient (Wildman–Crippen LogP) is 3.36. The molecule has 3 N–H and O–H groups in total. The maximum atomic E-state index is 13.1. The molecule has 0 heterocycles. The number of nitrogens with two attached hydrogens (primary N) is 1. The van der Waals surface area contributed by atoms with Crippen molar-refractivity contribution in [2.24, 2.45) is 10.7 Å². The Morgan fingerprint density at radius 3 is 2.52 bits per heavy atom. The number of guanidine groups is 1. The van der Waals surface area contributed by atoms with Gasteiger partial charge in [0.2, 0.25) is 0 Å². The lowest BCUT2D eigenvalue weighted by molar-refractivity contribution is -0.138. The number of nitrogens with one attached hydrogen (secondary N) is 1. The zero-order valence-electron chi connectivity index (χ0n) is 13.8. The van der Waals surface area contributed by atoms with Crippen LogP contribution >= 0.6 is 0 Å². The maximum Gasteiger partial charge on any atom is 0.416 e. The van der Waals surface area contributed by atoms with Crippen LogP contribution in [0.4, 0.5) is 13.2 Å². The Balaban J connectivity index is 1.98. The fraction of sp³-hybridized carbons (Fsp3) is 0.278. The summed E-state index contributed by atoms with van der Waals surface area (Å²) < 4.78 is 44.2. The Labute approximate surface area is 144 Å². The van der Waals surface area contributed by atoms with E-state index in [4.69, 9.17) is 10.5 Å². The second-order valence-electron chi connectivity index (χ2n) is 5.38. The van der Waals surface area contributed by atoms with Gasteiger partial charge >= 0.3 is 6.18 Å². The lowest BCUT2D eigenvalue weighted by Gasteiger charge is -2.13. The van der Waals surface area contributed by atoms with Gasteiger partial charge in [0.15, 0.2) is 5.96 Å². The molecule has 0 aliphatic rings. The summed E-state index contributed by atoms with van der Waals surface area (Å²) in [6.45, 7) is 0.386. The smallest absolute Gasteiger partial charge is 0.416 e. The summed E-state index contributed by atoms with van der Waals surface area (Å²) in [5.74, 6) is 0.258. The van der Waals surface area contributed by atoms with E-state index in [1.807, 2.05) is 30.3 Å². The first-order valence-corrected chi connectivity index (χ1v) is 7.72. The van der Waals surface area contributed by atoms with Gasteiger partial charge in [0, 0.05) is 6.54 Å². The standard InChI is InChI=1S/C18H20F3N3O/c1-25-15-8-7-14(16(11-15)18(19,20)21)12-24-17(22)23-10-9-13-5-3-2-4-6-13/h2-8,11H,9-10,12H2,1H3,(H3,22,23,24). The fourth-order valence-corrected chi connectivity index (χ4v) is 2.29. The minimum absolute atomic E-state index is 0.0427. The first-order valence-electron chi connectivity index (χ1n) is 7.72. The van der Waals surface area contributed by atoms with E-state index in [9.17, 15) is 13.2 Å². The van der Waals surface area contributed by atoms with E-state index in [0.717, 1.165) is 18.1 Å². The molecule has 0 aliphatic carbocycles. The summed E-state index contributed by atoms with van der Waals surface area (Å²) in [7, 11) is 1.32. The molecule has 0 fully saturated rings. The fourth-order valence-electron chi connectivity index (χ4n) is 2.29. The van der Waals surface area contributed by atoms with Gasteiger partial charge in [0.05, 0.1) is 19.2 Å². The Hall–Kier alpha value is -2.70. The van der Waals surface area contributed by atoms with Crippen LogP contribution in [0.3, 0.4) is 0 Å². The van der Waals surface area contributed by atoms with E-state index in [-0.39, 0.29) is 23.8 Å². The molecular weight excluding hydrogens is 331 g/mol. The Morgan fingerprint density at radius 2 is 1.88 bits per heavy atom. The Bertz CT molecular complexity index is 715. The number of aliphatic imine (C=N–C) groups is 1. The molecule has 2 aromatic rings. The lowest BCUT2D eigenvalue weighted by atomic mass is 10.1. The number of nitrogens with zero attached hydrogens (tertiary/aromatic N) is 1. The Morgan fingerprint density at radius 1 is 1.16 bits per heavy atom. The van der Waals surface area contributed by atoms with Crippen molar-refractivity contribution in [1.82, 2.24) is 5.32 Å². The van der Waals surface area contributed by atoms with Crippen LogP contribution in [0.25, 0.3) is 0 Å². The SMILES string of the molecule is COc1ccc(CN=C(N)NCCc2ccccc2)c(C(F)(F)F)c1. The molecule has 0 aliphatic heterocycles. The third-order valence-electron chi connectivity index (χ3n) is 3.60. The molecule has 0 aromatic heterocycles. The van der Waals surface area contributed by atoms with Gasteiger partial charge in [-0.05, 0) is 29.7 Å². The quantitative estimate of drug-likeness (QED) is 0.620. The number of alkyl halides is 3. The van der Waals surface area contributed by atoms with Gasteiger partial charge in [0.1, 0.15) is 5.75 Å². The highest BCUT2D eigenvalue weighted by atomic mass is 19.4. The van der Waals surface area contributed by atoms with Gasteiger partial charge in [-0.2, -0.15) is 13.2 Å². The van der Waals surface area contributed by atoms with E-state index in [1.165, 1.54) is 19.2 Å². The zero-order chi connectivity index (χ0) is 18.3. The summed E-state index contributed by atoms with van der Waals surface area (Å²) in [6, 6.07) is 13.6. The molecule has 2 rings (SSSR count). The molecule has 25 heavy (non-hydrogen) atoms. The molecule has 0 unspecified atom stereocenters. The van der Waals surface area contributed by atoms with Crippen LogP contribution in [0.2, 0.25) is 0 Å². The topological polar surface area (TPSA) is 59.6 Å². The number of halogens is 3. The van der Waals surface area contributed by atoms with Crippen molar-refractivity contribution >= 4 is 5.96 Å². The molecule has 0 radical (unpaired) electrons. The van der Waals surface area contributed by atoms with Crippen molar-refractivity contribution in [2.75, 3.05) is 13.7 Å². The minimum atomic E-state index is -4.48. The number of benzene rings is 2. The summed E-state index contributed by atoms with van der Waals surface area (Å²) >= 11 is 0. The molecule has 0 saturated carbocycles. The third-order valence-corrected chi connectivity index (χ3v) is 3.60. The van der Waals surface area contributed by atoms with Gasteiger partial charge in [0.25, 0.3) is 0 Å². The normalized spacial score (nSPS) is 12.1. The van der Waals surface area contributed by atoms with Gasteiger partial charge < -0.3 is 15.8 Å². The van der Waals surface area contributed by atoms with Crippen LogP contribution in [0.5, 0.6) is 5.75 Å². The highest BCUT2D eigenvalue weighted by Gasteiger charge is 2.33. The van der Waals surface area contributed by atoms with Gasteiger partial charge in [-0.15, -0.1) is 0 Å². The predicted molar refractivity (Wildman–Crippen MR) is 91.5 cm³/mol. The molecule has 0 saturated heterocycles. The van der Waals surface area contributed by atoms with Gasteiger partial charge in [-0.3, -0.25) is 0 Å². The van der Waals surface area contributed by atoms with Crippen molar-refractivity contribution in [1.29, 1.82) is 0 Å². The van der Waals surface area contributed by atoms with E-state index >= 15 is 0 Å². The highest BCUT2D eigenvalue weighted by Crippen LogP contribution is 2.34. The number of hydrogen-bond acceptors (Lipinski definition) is 2. The lowest BCUT2D eigenvalue weighted by Crippen LogP contribution is -2.33. The van der Waals surface area contributed by atoms with Gasteiger partial charge in [-0.1, -0.05) is 36.4 Å². The van der Waals surface area contributed by atoms with E-state index in [2.05, 4.69) is 10.3 Å². The number of methoxy groups -OCH3 is 1. The van der Waals surface area contributed by atoms with Crippen molar-refractivity contribution in [3.05, 3.63) is 65.2 Å². The largest absolute Gasteiger partial charge is 0.497 e. The van der Waals surface area contributed by atoms with Crippen LogP contribution in [0, 0.1) is 0 Å². The van der Waals surface area contributed by atoms with Crippen LogP contribution < -0.4 is 15.8 Å². The number of hydrogen-bond donors (Lipinski definition) is 2. The van der Waals surface area contributed by atoms with Crippen LogP contribution in [0.1, 0.15) is 16.7 Å². The average Bonchev–Trinajstić information content (AvgIpc) is 2.60. The minimum Gasteiger partial charge on any atom is -0.497 e. The summed E-state index contributed by atoms with van der Waals surface area (Å²) in [4.78, 5) is 4.00. The number of rotatable bonds is 6. The van der Waals surface area contributed by atoms with Crippen LogP contribution in [-0.2, 0) is 19.1 Å². The summed E-state index contributed by atoms with van der Waals surface area (Å²) in [6.07, 6.45) is -3.73. The highest BCUT2D eigenvalue weighted by molar-refractivity contribution is 5.77. The third kappa shape index (κ3) is 5.70. The number of ether oxygens (including phenoxy) is 1. The second kappa shape index (κ2) is 8.41. The molecule has 0 spiro atoms. The van der Waals surface area contributed by atoms with Crippen molar-refractivity contribution in [2.45, 2.75) is 19.1 Å². The monoisotopic (exact) mass is 351 g/mol. The Kier molecular flexibility index (Phi) is 6.27. The van der Waals surface area contributed by atoms with Crippen molar-refractivity contribution in [3.8, 4) is 5.75 Å². The first kappa shape index (κ1) is 18.6. The zero-order valence-corrected chi connectivity index (χ0v) is 13.8. The molecule has 4 nitrogen and oxygen atoms in total. The average molecular weight is 351 g/mol. The van der Waals surface area contributed by atoms with Crippen molar-refractivity contribution < 1.29 is 17.9 Å². The first-order chi connectivity index (χ1) is 11.9. The van der Waals surface area contributed by atoms with Crippen LogP contribution in [0.15, 0.2) is 53.5 Å². The van der Waals surface area contributed by atoms with E-state index in [0.29, 0.717) is 6.54 Å². The van der Waals surface area contributed by atoms with Crippen molar-refractivity contribution in [3.63, 3.8) is 0 Å². The van der Waals surface area contributed by atoms with Crippen LogP contribution in [-0.4, -0.2) is 19.6 Å². The molecule has 7 heteroatoms. The van der Waals surface area contributed by atoms with Gasteiger partial charge in [-0.25, -0.2) is 4.99 Å². The molecule has 0 atom stereocenters. The molecule has 2 aromatic carbocycles. The summed E-state index contributed by atoms with van der Waals surface area (Å²) in [5, 5.41) is 2.90. The molecular formula is C18H20F3N3O. The maximum absolute atomic E-state index is 13.1. The molecule has 0 bridgehead atoms. The van der Waals surface area contributed by atoms with E-state index in [1.54, 1.807) is 0 Å². The molecule has 134 valence electrons. The van der Waals surface area contributed by atoms with E-state index < -0.39 is 11.7 Å². The summed E-state index contributed by atoms with van der Waals surface area (Å²) in [5.41, 5.74) is 6.14.